The highest BCUT2D eigenvalue weighted by Gasteiger charge is 2.17. The van der Waals surface area contributed by atoms with Crippen LogP contribution in [-0.2, 0) is 12.0 Å². The minimum absolute atomic E-state index is 0. The van der Waals surface area contributed by atoms with E-state index in [0.29, 0.717) is 0 Å². The summed E-state index contributed by atoms with van der Waals surface area (Å²) in [5.41, 5.74) is 8.80. The van der Waals surface area contributed by atoms with Crippen molar-refractivity contribution >= 4 is 17.0 Å². The minimum Gasteiger partial charge on any atom is -0.322 e. The van der Waals surface area contributed by atoms with Crippen LogP contribution in [0.3, 0.4) is 0 Å². The molecule has 0 bridgehead atoms. The Kier molecular flexibility index (Phi) is 12.8. The average molecular weight is 384 g/mol. The third-order valence-electron chi connectivity index (χ3n) is 4.51. The molecule has 0 aliphatic carbocycles. The molecule has 2 heteroatoms. The molecule has 0 saturated carbocycles. The zero-order valence-electron chi connectivity index (χ0n) is 15.6. The van der Waals surface area contributed by atoms with Gasteiger partial charge in [-0.2, -0.15) is 0 Å². The molecule has 1 nitrogen and oxygen atoms in total. The van der Waals surface area contributed by atoms with E-state index < -0.39 is 0 Å². The van der Waals surface area contributed by atoms with Gasteiger partial charge >= 0.3 is 0 Å². The van der Waals surface area contributed by atoms with Gasteiger partial charge in [-0.05, 0) is 37.8 Å². The number of hydrogen-bond donors (Lipinski definition) is 1. The van der Waals surface area contributed by atoms with Crippen molar-refractivity contribution in [2.45, 2.75) is 96.9 Å². The molecule has 2 N–H and O–H groups in total. The zero-order valence-corrected chi connectivity index (χ0v) is 17.3. The van der Waals surface area contributed by atoms with E-state index in [1.165, 1.54) is 81.8 Å². The van der Waals surface area contributed by atoms with Crippen LogP contribution in [0.5, 0.6) is 0 Å². The first-order valence-corrected chi connectivity index (χ1v) is 9.43. The van der Waals surface area contributed by atoms with Gasteiger partial charge in [-0.3, -0.25) is 0 Å². The number of unbranched alkanes of at least 4 members (excludes halogenated alkanes) is 9. The van der Waals surface area contributed by atoms with Crippen LogP contribution in [0.25, 0.3) is 0 Å². The van der Waals surface area contributed by atoms with E-state index in [2.05, 4.69) is 45.0 Å². The van der Waals surface area contributed by atoms with Gasteiger partial charge in [0.25, 0.3) is 0 Å². The SMILES string of the molecule is Br.CCCCCCCCCCCCc1ccccc1C(C)(C)N. The molecular formula is C21H38BrN. The summed E-state index contributed by atoms with van der Waals surface area (Å²) in [6, 6.07) is 8.68. The van der Waals surface area contributed by atoms with Crippen LogP contribution < -0.4 is 5.73 Å². The maximum absolute atomic E-state index is 6.28. The molecule has 134 valence electrons. The summed E-state index contributed by atoms with van der Waals surface area (Å²) in [6.07, 6.45) is 15.1. The standard InChI is InChI=1S/C21H37N.BrH/c1-4-5-6-7-8-9-10-11-12-13-16-19-17-14-15-18-20(19)21(2,3)22;/h14-15,17-18H,4-13,16,22H2,1-3H3;1H. The van der Waals surface area contributed by atoms with E-state index in [4.69, 9.17) is 5.73 Å². The highest BCUT2D eigenvalue weighted by Crippen LogP contribution is 2.23. The molecule has 1 rings (SSSR count). The topological polar surface area (TPSA) is 26.0 Å². The average Bonchev–Trinajstić information content (AvgIpc) is 2.48. The molecule has 0 spiro atoms. The lowest BCUT2D eigenvalue weighted by Gasteiger charge is -2.23. The van der Waals surface area contributed by atoms with E-state index >= 15 is 0 Å². The van der Waals surface area contributed by atoms with Gasteiger partial charge in [-0.25, -0.2) is 0 Å². The van der Waals surface area contributed by atoms with Crippen molar-refractivity contribution in [3.63, 3.8) is 0 Å². The lowest BCUT2D eigenvalue weighted by molar-refractivity contribution is 0.538. The van der Waals surface area contributed by atoms with Crippen molar-refractivity contribution in [2.24, 2.45) is 5.73 Å². The number of benzene rings is 1. The maximum Gasteiger partial charge on any atom is 0.0355 e. The monoisotopic (exact) mass is 383 g/mol. The largest absolute Gasteiger partial charge is 0.322 e. The van der Waals surface area contributed by atoms with Crippen LogP contribution in [0.1, 0.15) is 96.1 Å². The van der Waals surface area contributed by atoms with Gasteiger partial charge in [0.05, 0.1) is 0 Å². The fourth-order valence-electron chi connectivity index (χ4n) is 3.17. The lowest BCUT2D eigenvalue weighted by atomic mass is 9.89. The number of hydrogen-bond acceptors (Lipinski definition) is 1. The fraction of sp³-hybridized carbons (Fsp3) is 0.714. The number of aryl methyl sites for hydroxylation is 1. The Bertz CT molecular complexity index is 395. The van der Waals surface area contributed by atoms with Gasteiger partial charge in [0, 0.05) is 5.54 Å². The quantitative estimate of drug-likeness (QED) is 0.389. The summed E-state index contributed by atoms with van der Waals surface area (Å²) in [7, 11) is 0. The highest BCUT2D eigenvalue weighted by atomic mass is 79.9. The second kappa shape index (κ2) is 13.0. The van der Waals surface area contributed by atoms with E-state index in [1.807, 2.05) is 0 Å². The summed E-state index contributed by atoms with van der Waals surface area (Å²) < 4.78 is 0. The first-order valence-electron chi connectivity index (χ1n) is 9.43. The third kappa shape index (κ3) is 10.2. The van der Waals surface area contributed by atoms with E-state index in [9.17, 15) is 0 Å². The molecule has 0 aliphatic rings. The smallest absolute Gasteiger partial charge is 0.0355 e. The number of nitrogens with two attached hydrogens (primary N) is 1. The second-order valence-corrected chi connectivity index (χ2v) is 7.31. The van der Waals surface area contributed by atoms with Crippen molar-refractivity contribution in [1.29, 1.82) is 0 Å². The summed E-state index contributed by atoms with van der Waals surface area (Å²) >= 11 is 0. The van der Waals surface area contributed by atoms with E-state index in [0.717, 1.165) is 0 Å². The van der Waals surface area contributed by atoms with Crippen molar-refractivity contribution in [3.05, 3.63) is 35.4 Å². The first-order chi connectivity index (χ1) is 10.6. The maximum atomic E-state index is 6.28. The van der Waals surface area contributed by atoms with Crippen LogP contribution in [-0.4, -0.2) is 0 Å². The van der Waals surface area contributed by atoms with Gasteiger partial charge < -0.3 is 5.73 Å². The summed E-state index contributed by atoms with van der Waals surface area (Å²) in [6.45, 7) is 6.48. The molecule has 0 aromatic heterocycles. The Morgan fingerprint density at radius 1 is 0.783 bits per heavy atom. The predicted octanol–water partition coefficient (Wildman–Crippen LogP) is 6.92. The van der Waals surface area contributed by atoms with Gasteiger partial charge in [-0.15, -0.1) is 17.0 Å². The zero-order chi connectivity index (χ0) is 16.3. The van der Waals surface area contributed by atoms with Crippen LogP contribution in [0, 0.1) is 0 Å². The minimum atomic E-state index is -0.227. The van der Waals surface area contributed by atoms with E-state index in [-0.39, 0.29) is 22.5 Å². The molecule has 0 heterocycles. The van der Waals surface area contributed by atoms with Crippen molar-refractivity contribution < 1.29 is 0 Å². The van der Waals surface area contributed by atoms with Gasteiger partial charge in [0.1, 0.15) is 0 Å². The van der Waals surface area contributed by atoms with Crippen LogP contribution >= 0.6 is 17.0 Å². The summed E-state index contributed by atoms with van der Waals surface area (Å²) in [4.78, 5) is 0. The third-order valence-corrected chi connectivity index (χ3v) is 4.51. The first kappa shape index (κ1) is 22.7. The van der Waals surface area contributed by atoms with Crippen LogP contribution in [0.15, 0.2) is 24.3 Å². The predicted molar refractivity (Wildman–Crippen MR) is 110 cm³/mol. The van der Waals surface area contributed by atoms with Gasteiger partial charge in [0.15, 0.2) is 0 Å². The molecule has 0 saturated heterocycles. The highest BCUT2D eigenvalue weighted by molar-refractivity contribution is 8.93. The van der Waals surface area contributed by atoms with E-state index in [1.54, 1.807) is 0 Å². The molecule has 0 unspecified atom stereocenters. The normalized spacial score (nSPS) is 11.3. The molecule has 1 aromatic carbocycles. The Balaban J connectivity index is 0.00000484. The summed E-state index contributed by atoms with van der Waals surface area (Å²) in [5, 5.41) is 0. The summed E-state index contributed by atoms with van der Waals surface area (Å²) in [5.74, 6) is 0. The second-order valence-electron chi connectivity index (χ2n) is 7.31. The Labute approximate surface area is 155 Å². The van der Waals surface area contributed by atoms with Crippen molar-refractivity contribution in [1.82, 2.24) is 0 Å². The Morgan fingerprint density at radius 2 is 1.26 bits per heavy atom. The molecule has 0 radical (unpaired) electrons. The number of halogens is 1. The number of rotatable bonds is 12. The van der Waals surface area contributed by atoms with Gasteiger partial charge in [-0.1, -0.05) is 89.0 Å². The van der Waals surface area contributed by atoms with Crippen molar-refractivity contribution in [3.8, 4) is 0 Å². The molecular weight excluding hydrogens is 346 g/mol. The molecule has 1 aromatic rings. The Morgan fingerprint density at radius 3 is 1.78 bits per heavy atom. The van der Waals surface area contributed by atoms with Gasteiger partial charge in [0.2, 0.25) is 0 Å². The Hall–Kier alpha value is -0.340. The van der Waals surface area contributed by atoms with Crippen molar-refractivity contribution in [2.75, 3.05) is 0 Å². The molecule has 0 fully saturated rings. The van der Waals surface area contributed by atoms with Crippen LogP contribution in [0.2, 0.25) is 0 Å². The molecule has 0 aliphatic heterocycles. The molecule has 23 heavy (non-hydrogen) atoms. The van der Waals surface area contributed by atoms with Crippen LogP contribution in [0.4, 0.5) is 0 Å². The molecule has 0 atom stereocenters. The molecule has 0 amide bonds. The lowest BCUT2D eigenvalue weighted by Crippen LogP contribution is -2.30. The fourth-order valence-corrected chi connectivity index (χ4v) is 3.17.